The number of carbonyl (C=O) groups excluding carboxylic acids is 2. The second kappa shape index (κ2) is 9.97. The van der Waals surface area contributed by atoms with Crippen LogP contribution in [0.3, 0.4) is 0 Å². The first-order chi connectivity index (χ1) is 14.6. The summed E-state index contributed by atoms with van der Waals surface area (Å²) in [5, 5.41) is 6.63. The van der Waals surface area contributed by atoms with Crippen molar-refractivity contribution in [2.24, 2.45) is 5.10 Å². The molecule has 0 spiro atoms. The highest BCUT2D eigenvalue weighted by molar-refractivity contribution is 6.09. The number of carbonyl (C=O) groups is 2. The molecule has 152 valence electrons. The SMILES string of the molecule is CCOc1ccc(/C=N/NC(=O)c2ccccc2NC(=O)c2ccc(F)cc2)cc1. The van der Waals surface area contributed by atoms with Crippen LogP contribution in [0.25, 0.3) is 0 Å². The molecule has 0 aliphatic carbocycles. The van der Waals surface area contributed by atoms with Gasteiger partial charge in [-0.25, -0.2) is 9.82 Å². The van der Waals surface area contributed by atoms with Crippen molar-refractivity contribution in [1.29, 1.82) is 0 Å². The van der Waals surface area contributed by atoms with Crippen LogP contribution in [0.15, 0.2) is 77.9 Å². The molecule has 0 aliphatic rings. The lowest BCUT2D eigenvalue weighted by molar-refractivity contribution is 0.0956. The van der Waals surface area contributed by atoms with Crippen LogP contribution in [-0.2, 0) is 0 Å². The second-order valence-corrected chi connectivity index (χ2v) is 6.21. The highest BCUT2D eigenvalue weighted by atomic mass is 19.1. The summed E-state index contributed by atoms with van der Waals surface area (Å²) in [4.78, 5) is 24.9. The number of nitrogens with one attached hydrogen (secondary N) is 2. The topological polar surface area (TPSA) is 79.8 Å². The number of hydrogen-bond acceptors (Lipinski definition) is 4. The Morgan fingerprint density at radius 2 is 1.67 bits per heavy atom. The maximum absolute atomic E-state index is 13.0. The molecular formula is C23H20FN3O3. The molecule has 0 atom stereocenters. The minimum Gasteiger partial charge on any atom is -0.494 e. The maximum atomic E-state index is 13.0. The fourth-order valence-corrected chi connectivity index (χ4v) is 2.63. The van der Waals surface area contributed by atoms with E-state index in [1.807, 2.05) is 31.2 Å². The normalized spacial score (nSPS) is 10.6. The molecule has 0 saturated heterocycles. The van der Waals surface area contributed by atoms with Gasteiger partial charge in [0.2, 0.25) is 0 Å². The van der Waals surface area contributed by atoms with Gasteiger partial charge in [-0.15, -0.1) is 0 Å². The smallest absolute Gasteiger partial charge is 0.273 e. The number of benzene rings is 3. The minimum atomic E-state index is -0.479. The summed E-state index contributed by atoms with van der Waals surface area (Å²) in [7, 11) is 0. The Kier molecular flexibility index (Phi) is 6.89. The first-order valence-corrected chi connectivity index (χ1v) is 9.29. The zero-order valence-electron chi connectivity index (χ0n) is 16.3. The van der Waals surface area contributed by atoms with E-state index in [1.165, 1.54) is 30.5 Å². The van der Waals surface area contributed by atoms with E-state index in [0.29, 0.717) is 12.3 Å². The molecule has 0 heterocycles. The molecule has 0 saturated carbocycles. The summed E-state index contributed by atoms with van der Waals surface area (Å²) in [6.45, 7) is 2.49. The number of halogens is 1. The second-order valence-electron chi connectivity index (χ2n) is 6.21. The van der Waals surface area contributed by atoms with Gasteiger partial charge in [0.15, 0.2) is 0 Å². The molecule has 0 aliphatic heterocycles. The molecule has 7 heteroatoms. The van der Waals surface area contributed by atoms with E-state index >= 15 is 0 Å². The molecule has 3 rings (SSSR count). The number of ether oxygens (including phenoxy) is 1. The standard InChI is InChI=1S/C23H20FN3O3/c1-2-30-19-13-7-16(8-14-19)15-25-27-23(29)20-5-3-4-6-21(20)26-22(28)17-9-11-18(24)12-10-17/h3-15H,2H2,1H3,(H,26,28)(H,27,29)/b25-15+. The highest BCUT2D eigenvalue weighted by Gasteiger charge is 2.13. The van der Waals surface area contributed by atoms with Gasteiger partial charge in [0.05, 0.1) is 24.1 Å². The van der Waals surface area contributed by atoms with E-state index in [4.69, 9.17) is 4.74 Å². The Hall–Kier alpha value is -4.00. The fourth-order valence-electron chi connectivity index (χ4n) is 2.63. The van der Waals surface area contributed by atoms with Crippen LogP contribution in [0.4, 0.5) is 10.1 Å². The van der Waals surface area contributed by atoms with Crippen LogP contribution >= 0.6 is 0 Å². The summed E-state index contributed by atoms with van der Waals surface area (Å²) in [6.07, 6.45) is 1.51. The van der Waals surface area contributed by atoms with E-state index < -0.39 is 17.6 Å². The summed E-state index contributed by atoms with van der Waals surface area (Å²) in [5.74, 6) is -0.610. The molecule has 0 radical (unpaired) electrons. The Morgan fingerprint density at radius 1 is 0.967 bits per heavy atom. The molecular weight excluding hydrogens is 385 g/mol. The first-order valence-electron chi connectivity index (χ1n) is 9.29. The van der Waals surface area contributed by atoms with Gasteiger partial charge in [0.25, 0.3) is 11.8 Å². The van der Waals surface area contributed by atoms with Gasteiger partial charge in [-0.1, -0.05) is 12.1 Å². The zero-order valence-corrected chi connectivity index (χ0v) is 16.3. The van der Waals surface area contributed by atoms with Gasteiger partial charge < -0.3 is 10.1 Å². The summed E-state index contributed by atoms with van der Waals surface area (Å²) in [5.41, 5.74) is 4.08. The Balaban J connectivity index is 1.66. The highest BCUT2D eigenvalue weighted by Crippen LogP contribution is 2.17. The number of amides is 2. The number of hydrazone groups is 1. The monoisotopic (exact) mass is 405 g/mol. The molecule has 3 aromatic carbocycles. The van der Waals surface area contributed by atoms with Crippen LogP contribution in [0, 0.1) is 5.82 Å². The van der Waals surface area contributed by atoms with Crippen LogP contribution in [0.5, 0.6) is 5.75 Å². The number of hydrogen-bond donors (Lipinski definition) is 2. The first kappa shape index (κ1) is 20.7. The molecule has 2 N–H and O–H groups in total. The maximum Gasteiger partial charge on any atom is 0.273 e. The van der Waals surface area contributed by atoms with Crippen molar-refractivity contribution in [1.82, 2.24) is 5.43 Å². The summed E-state index contributed by atoms with van der Waals surface area (Å²) in [6, 6.07) is 18.9. The predicted molar refractivity (Wildman–Crippen MR) is 113 cm³/mol. The van der Waals surface area contributed by atoms with Crippen LogP contribution in [0.2, 0.25) is 0 Å². The van der Waals surface area contributed by atoms with Gasteiger partial charge in [0, 0.05) is 5.56 Å². The van der Waals surface area contributed by atoms with Gasteiger partial charge in [-0.05, 0) is 73.2 Å². The summed E-state index contributed by atoms with van der Waals surface area (Å²) < 4.78 is 18.4. The van der Waals surface area contributed by atoms with Crippen molar-refractivity contribution < 1.29 is 18.7 Å². The fraction of sp³-hybridized carbons (Fsp3) is 0.0870. The Morgan fingerprint density at radius 3 is 2.37 bits per heavy atom. The quantitative estimate of drug-likeness (QED) is 0.456. The average Bonchev–Trinajstić information content (AvgIpc) is 2.76. The number of rotatable bonds is 7. The number of nitrogens with zero attached hydrogens (tertiary/aromatic N) is 1. The van der Waals surface area contributed by atoms with E-state index in [2.05, 4.69) is 15.8 Å². The summed E-state index contributed by atoms with van der Waals surface area (Å²) >= 11 is 0. The van der Waals surface area contributed by atoms with Crippen molar-refractivity contribution in [3.63, 3.8) is 0 Å². The van der Waals surface area contributed by atoms with Crippen LogP contribution < -0.4 is 15.5 Å². The molecule has 2 amide bonds. The lowest BCUT2D eigenvalue weighted by Gasteiger charge is -2.10. The van der Waals surface area contributed by atoms with E-state index in [9.17, 15) is 14.0 Å². The van der Waals surface area contributed by atoms with Crippen molar-refractivity contribution in [3.8, 4) is 5.75 Å². The van der Waals surface area contributed by atoms with Crippen molar-refractivity contribution >= 4 is 23.7 Å². The van der Waals surface area contributed by atoms with Gasteiger partial charge >= 0.3 is 0 Å². The third-order valence-corrected chi connectivity index (χ3v) is 4.10. The van der Waals surface area contributed by atoms with Crippen molar-refractivity contribution in [2.45, 2.75) is 6.92 Å². The predicted octanol–water partition coefficient (Wildman–Crippen LogP) is 4.24. The van der Waals surface area contributed by atoms with Crippen molar-refractivity contribution in [3.05, 3.63) is 95.3 Å². The zero-order chi connectivity index (χ0) is 21.3. The lowest BCUT2D eigenvalue weighted by Crippen LogP contribution is -2.21. The molecule has 0 aromatic heterocycles. The third kappa shape index (κ3) is 5.51. The van der Waals surface area contributed by atoms with Crippen LogP contribution in [0.1, 0.15) is 33.2 Å². The van der Waals surface area contributed by atoms with Crippen molar-refractivity contribution in [2.75, 3.05) is 11.9 Å². The lowest BCUT2D eigenvalue weighted by atomic mass is 10.1. The van der Waals surface area contributed by atoms with Gasteiger partial charge in [-0.3, -0.25) is 9.59 Å². The van der Waals surface area contributed by atoms with E-state index in [-0.39, 0.29) is 11.1 Å². The largest absolute Gasteiger partial charge is 0.494 e. The Bertz CT molecular complexity index is 1050. The minimum absolute atomic E-state index is 0.247. The van der Waals surface area contributed by atoms with E-state index in [0.717, 1.165) is 11.3 Å². The van der Waals surface area contributed by atoms with E-state index in [1.54, 1.807) is 24.3 Å². The molecule has 3 aromatic rings. The molecule has 30 heavy (non-hydrogen) atoms. The van der Waals surface area contributed by atoms with Gasteiger partial charge in [0.1, 0.15) is 11.6 Å². The molecule has 0 bridgehead atoms. The van der Waals surface area contributed by atoms with Gasteiger partial charge in [-0.2, -0.15) is 5.10 Å². The number of para-hydroxylation sites is 1. The molecule has 0 fully saturated rings. The molecule has 6 nitrogen and oxygen atoms in total. The Labute approximate surface area is 173 Å². The molecule has 0 unspecified atom stereocenters. The van der Waals surface area contributed by atoms with Crippen LogP contribution in [-0.4, -0.2) is 24.6 Å². The number of anilines is 1. The third-order valence-electron chi connectivity index (χ3n) is 4.10. The average molecular weight is 405 g/mol.